The Morgan fingerprint density at radius 2 is 1.82 bits per heavy atom. The van der Waals surface area contributed by atoms with Gasteiger partial charge < -0.3 is 19.3 Å². The molecule has 11 nitrogen and oxygen atoms in total. The topological polar surface area (TPSA) is 133 Å². The molecule has 0 saturated carbocycles. The zero-order chi connectivity index (χ0) is 31.5. The highest BCUT2D eigenvalue weighted by Crippen LogP contribution is 2.46. The minimum absolute atomic E-state index is 0.00481. The van der Waals surface area contributed by atoms with Crippen molar-refractivity contribution in [1.82, 2.24) is 14.4 Å². The molecule has 1 aliphatic heterocycles. The molecule has 0 radical (unpaired) electrons. The predicted octanol–water partition coefficient (Wildman–Crippen LogP) is 5.34. The smallest absolute Gasteiger partial charge is 0.350 e. The van der Waals surface area contributed by atoms with E-state index >= 15 is 0 Å². The van der Waals surface area contributed by atoms with Gasteiger partial charge in [-0.25, -0.2) is 14.8 Å². The molecule has 0 aliphatic carbocycles. The van der Waals surface area contributed by atoms with Crippen LogP contribution in [0.3, 0.4) is 0 Å². The number of hydrogen-bond acceptors (Lipinski definition) is 10. The molecule has 3 aromatic heterocycles. The van der Waals surface area contributed by atoms with Gasteiger partial charge in [-0.2, -0.15) is 0 Å². The van der Waals surface area contributed by atoms with E-state index in [2.05, 4.69) is 23.1 Å². The molecule has 5 rings (SSSR count). The van der Waals surface area contributed by atoms with Crippen molar-refractivity contribution < 1.29 is 33.7 Å². The number of amides is 1. The summed E-state index contributed by atoms with van der Waals surface area (Å²) in [5, 5.41) is 11.9. The Bertz CT molecular complexity index is 1840. The van der Waals surface area contributed by atoms with Crippen molar-refractivity contribution >= 4 is 45.5 Å². The Morgan fingerprint density at radius 1 is 1.05 bits per heavy atom. The quantitative estimate of drug-likeness (QED) is 0.0782. The number of ether oxygens (including phenoxy) is 3. The van der Waals surface area contributed by atoms with Crippen LogP contribution in [0.25, 0.3) is 11.4 Å². The van der Waals surface area contributed by atoms with Gasteiger partial charge in [-0.3, -0.25) is 18.9 Å². The number of esters is 1. The molecule has 1 aliphatic rings. The highest BCUT2D eigenvalue weighted by atomic mass is 32.1. The van der Waals surface area contributed by atoms with E-state index in [9.17, 15) is 19.5 Å². The number of Topliss-reactive ketones (excluding diaryl/α,β-unsaturated/α-hetero) is 1. The minimum atomic E-state index is -1.14. The van der Waals surface area contributed by atoms with E-state index in [1.54, 1.807) is 66.9 Å². The van der Waals surface area contributed by atoms with E-state index in [4.69, 9.17) is 14.2 Å². The van der Waals surface area contributed by atoms with Crippen LogP contribution in [0.1, 0.15) is 45.3 Å². The van der Waals surface area contributed by atoms with E-state index < -0.39 is 29.5 Å². The lowest BCUT2D eigenvalue weighted by atomic mass is 9.96. The standard InChI is InChI=1S/C32H30N4O7S/c1-6-15-42-21-13-12-20(17-22(21)41-8-3)26-24(27(37)25-18(4)33-23-11-9-10-14-35(23)25)28(38)30(39)36(26)32-34-19(5)29(44-32)31(40)43-16-7-2/h6-7,9-14,17,26,37H,1-2,8,15-16H2,3-5H3/b27-24+. The molecular formula is C32H30N4O7S. The van der Waals surface area contributed by atoms with Crippen LogP contribution in [0.15, 0.2) is 73.5 Å². The maximum Gasteiger partial charge on any atom is 0.350 e. The van der Waals surface area contributed by atoms with Crippen molar-refractivity contribution in [3.63, 3.8) is 0 Å². The fourth-order valence-electron chi connectivity index (χ4n) is 4.98. The number of hydrogen-bond donors (Lipinski definition) is 1. The van der Waals surface area contributed by atoms with Gasteiger partial charge in [0.1, 0.15) is 29.4 Å². The summed E-state index contributed by atoms with van der Waals surface area (Å²) in [7, 11) is 0. The lowest BCUT2D eigenvalue weighted by Crippen LogP contribution is -2.29. The second kappa shape index (κ2) is 12.6. The van der Waals surface area contributed by atoms with Crippen LogP contribution in [0.4, 0.5) is 5.13 Å². The van der Waals surface area contributed by atoms with Crippen LogP contribution >= 0.6 is 11.3 Å². The van der Waals surface area contributed by atoms with Crippen LogP contribution in [0.2, 0.25) is 0 Å². The maximum atomic E-state index is 13.8. The molecular weight excluding hydrogens is 584 g/mol. The number of aliphatic hydroxyl groups excluding tert-OH is 1. The average Bonchev–Trinajstić information content (AvgIpc) is 3.64. The third-order valence-corrected chi connectivity index (χ3v) is 7.96. The number of ketones is 1. The molecule has 1 atom stereocenters. The molecule has 0 bridgehead atoms. The fourth-order valence-corrected chi connectivity index (χ4v) is 5.96. The number of aryl methyl sites for hydroxylation is 2. The van der Waals surface area contributed by atoms with E-state index in [0.717, 1.165) is 11.3 Å². The van der Waals surface area contributed by atoms with Crippen LogP contribution in [-0.4, -0.2) is 57.0 Å². The first-order valence-corrected chi connectivity index (χ1v) is 14.5. The Morgan fingerprint density at radius 3 is 2.55 bits per heavy atom. The minimum Gasteiger partial charge on any atom is -0.505 e. The third-order valence-electron chi connectivity index (χ3n) is 6.82. The van der Waals surface area contributed by atoms with E-state index in [1.807, 2.05) is 6.92 Å². The van der Waals surface area contributed by atoms with E-state index in [1.165, 1.54) is 11.0 Å². The van der Waals surface area contributed by atoms with Gasteiger partial charge in [0, 0.05) is 6.20 Å². The summed E-state index contributed by atoms with van der Waals surface area (Å²) in [6.07, 6.45) is 4.74. The summed E-state index contributed by atoms with van der Waals surface area (Å²) < 4.78 is 18.4. The second-order valence-electron chi connectivity index (χ2n) is 9.68. The summed E-state index contributed by atoms with van der Waals surface area (Å²) in [4.78, 5) is 50.6. The molecule has 1 unspecified atom stereocenters. The van der Waals surface area contributed by atoms with Gasteiger partial charge in [-0.05, 0) is 50.6 Å². The summed E-state index contributed by atoms with van der Waals surface area (Å²) >= 11 is 0.909. The number of carbonyl (C=O) groups is 3. The first-order valence-electron chi connectivity index (χ1n) is 13.7. The number of fused-ring (bicyclic) bond motifs is 1. The molecule has 1 saturated heterocycles. The Hall–Kier alpha value is -5.23. The maximum absolute atomic E-state index is 13.8. The monoisotopic (exact) mass is 614 g/mol. The highest BCUT2D eigenvalue weighted by Gasteiger charge is 2.49. The number of imidazole rings is 1. The number of benzene rings is 1. The molecule has 1 aromatic carbocycles. The number of nitrogens with zero attached hydrogens (tertiary/aromatic N) is 4. The first kappa shape index (κ1) is 30.2. The van der Waals surface area contributed by atoms with Crippen molar-refractivity contribution in [2.24, 2.45) is 0 Å². The van der Waals surface area contributed by atoms with Crippen molar-refractivity contribution in [3.8, 4) is 11.5 Å². The predicted molar refractivity (Wildman–Crippen MR) is 165 cm³/mol. The van der Waals surface area contributed by atoms with Crippen LogP contribution in [0.5, 0.6) is 11.5 Å². The summed E-state index contributed by atoms with van der Waals surface area (Å²) in [6.45, 7) is 12.9. The summed E-state index contributed by atoms with van der Waals surface area (Å²) in [5.74, 6) is -2.09. The van der Waals surface area contributed by atoms with Crippen molar-refractivity contribution in [3.05, 3.63) is 101 Å². The highest BCUT2D eigenvalue weighted by molar-refractivity contribution is 7.17. The molecule has 0 spiro atoms. The normalized spacial score (nSPS) is 15.9. The SMILES string of the molecule is C=CCOC(=O)c1sc(N2C(=O)C(=O)/C(=C(/O)c3c(C)nc4ccccn34)C2c2ccc(OCC=C)c(OCC)c2)nc1C. The van der Waals surface area contributed by atoms with Crippen LogP contribution in [-0.2, 0) is 14.3 Å². The average molecular weight is 615 g/mol. The second-order valence-corrected chi connectivity index (χ2v) is 10.7. The molecule has 44 heavy (non-hydrogen) atoms. The largest absolute Gasteiger partial charge is 0.505 e. The van der Waals surface area contributed by atoms with Gasteiger partial charge >= 0.3 is 11.9 Å². The fraction of sp³-hybridized carbons (Fsp3) is 0.219. The van der Waals surface area contributed by atoms with E-state index in [-0.39, 0.29) is 34.5 Å². The van der Waals surface area contributed by atoms with Crippen molar-refractivity contribution in [2.45, 2.75) is 26.8 Å². The van der Waals surface area contributed by atoms with Gasteiger partial charge in [0.2, 0.25) is 0 Å². The van der Waals surface area contributed by atoms with Crippen molar-refractivity contribution in [1.29, 1.82) is 0 Å². The number of aliphatic hydroxyl groups is 1. The number of anilines is 1. The molecule has 12 heteroatoms. The van der Waals surface area contributed by atoms with Gasteiger partial charge in [-0.15, -0.1) is 0 Å². The zero-order valence-electron chi connectivity index (χ0n) is 24.4. The van der Waals surface area contributed by atoms with Gasteiger partial charge in [0.05, 0.1) is 29.6 Å². The van der Waals surface area contributed by atoms with Gasteiger partial charge in [0.25, 0.3) is 5.78 Å². The lowest BCUT2D eigenvalue weighted by Gasteiger charge is -2.24. The first-order chi connectivity index (χ1) is 21.2. The van der Waals surface area contributed by atoms with Crippen LogP contribution in [0, 0.1) is 13.8 Å². The Kier molecular flexibility index (Phi) is 8.63. The molecule has 4 aromatic rings. The number of pyridine rings is 1. The molecule has 1 fully saturated rings. The lowest BCUT2D eigenvalue weighted by molar-refractivity contribution is -0.132. The Labute approximate surface area is 257 Å². The molecule has 1 amide bonds. The number of carbonyl (C=O) groups excluding carboxylic acids is 3. The summed E-state index contributed by atoms with van der Waals surface area (Å²) in [5.41, 5.74) is 1.87. The van der Waals surface area contributed by atoms with E-state index in [0.29, 0.717) is 40.7 Å². The van der Waals surface area contributed by atoms with Crippen LogP contribution < -0.4 is 14.4 Å². The molecule has 4 heterocycles. The number of thiazole rings is 1. The number of rotatable bonds is 11. The molecule has 226 valence electrons. The van der Waals surface area contributed by atoms with Gasteiger partial charge in [0.15, 0.2) is 22.4 Å². The summed E-state index contributed by atoms with van der Waals surface area (Å²) in [6, 6.07) is 9.19. The Balaban J connectivity index is 1.74. The van der Waals surface area contributed by atoms with Crippen molar-refractivity contribution in [2.75, 3.05) is 24.7 Å². The van der Waals surface area contributed by atoms with Gasteiger partial charge in [-0.1, -0.05) is 48.8 Å². The zero-order valence-corrected chi connectivity index (χ0v) is 25.2. The molecule has 1 N–H and O–H groups in total. The number of aromatic nitrogens is 3. The third kappa shape index (κ3) is 5.35.